The van der Waals surface area contributed by atoms with Crippen LogP contribution < -0.4 is 0 Å². The average molecular weight is 212 g/mol. The molecule has 2 saturated heterocycles. The minimum atomic E-state index is -0.415. The van der Waals surface area contributed by atoms with Crippen molar-refractivity contribution in [1.29, 1.82) is 0 Å². The summed E-state index contributed by atoms with van der Waals surface area (Å²) in [5.74, 6) is 0.790. The first kappa shape index (κ1) is 10.1. The highest BCUT2D eigenvalue weighted by Gasteiger charge is 2.40. The SMILES string of the molecule is OC1(CC2CO2)CCC(CC2CO2)CC1. The zero-order chi connectivity index (χ0) is 10.3. The van der Waals surface area contributed by atoms with Crippen molar-refractivity contribution in [3.8, 4) is 0 Å². The van der Waals surface area contributed by atoms with Crippen molar-refractivity contribution >= 4 is 0 Å². The molecule has 0 radical (unpaired) electrons. The number of rotatable bonds is 4. The van der Waals surface area contributed by atoms with Crippen molar-refractivity contribution in [3.05, 3.63) is 0 Å². The normalized spacial score (nSPS) is 49.0. The second kappa shape index (κ2) is 3.72. The number of epoxide rings is 2. The largest absolute Gasteiger partial charge is 0.390 e. The summed E-state index contributed by atoms with van der Waals surface area (Å²) >= 11 is 0. The van der Waals surface area contributed by atoms with Crippen LogP contribution in [0.3, 0.4) is 0 Å². The zero-order valence-corrected chi connectivity index (χ0v) is 9.15. The Kier molecular flexibility index (Phi) is 2.49. The molecule has 1 aliphatic carbocycles. The molecule has 1 N–H and O–H groups in total. The van der Waals surface area contributed by atoms with Crippen molar-refractivity contribution in [2.24, 2.45) is 5.92 Å². The first-order chi connectivity index (χ1) is 7.23. The van der Waals surface area contributed by atoms with Crippen molar-refractivity contribution in [2.45, 2.75) is 56.3 Å². The Labute approximate surface area is 90.8 Å². The summed E-state index contributed by atoms with van der Waals surface area (Å²) in [5.41, 5.74) is -0.415. The van der Waals surface area contributed by atoms with Crippen molar-refractivity contribution in [1.82, 2.24) is 0 Å². The predicted molar refractivity (Wildman–Crippen MR) is 55.6 cm³/mol. The Morgan fingerprint density at radius 1 is 1.07 bits per heavy atom. The van der Waals surface area contributed by atoms with Gasteiger partial charge < -0.3 is 14.6 Å². The zero-order valence-electron chi connectivity index (χ0n) is 9.15. The van der Waals surface area contributed by atoms with E-state index in [1.54, 1.807) is 0 Å². The molecule has 0 spiro atoms. The van der Waals surface area contributed by atoms with Gasteiger partial charge >= 0.3 is 0 Å². The van der Waals surface area contributed by atoms with Gasteiger partial charge in [0.25, 0.3) is 0 Å². The molecule has 15 heavy (non-hydrogen) atoms. The smallest absolute Gasteiger partial charge is 0.0837 e. The molecule has 0 bridgehead atoms. The Morgan fingerprint density at radius 3 is 2.20 bits per heavy atom. The molecule has 86 valence electrons. The van der Waals surface area contributed by atoms with Crippen LogP contribution in [0.25, 0.3) is 0 Å². The molecule has 0 amide bonds. The van der Waals surface area contributed by atoms with E-state index in [4.69, 9.17) is 9.47 Å². The fourth-order valence-corrected chi connectivity index (χ4v) is 2.84. The fourth-order valence-electron chi connectivity index (χ4n) is 2.84. The Hall–Kier alpha value is -0.120. The number of aliphatic hydroxyl groups is 1. The van der Waals surface area contributed by atoms with Crippen LogP contribution in [-0.4, -0.2) is 36.1 Å². The standard InChI is InChI=1S/C12H20O3/c13-12(6-11-8-15-11)3-1-9(2-4-12)5-10-7-14-10/h9-11,13H,1-8H2. The highest BCUT2D eigenvalue weighted by atomic mass is 16.6. The van der Waals surface area contributed by atoms with Crippen LogP contribution in [0.5, 0.6) is 0 Å². The number of hydrogen-bond donors (Lipinski definition) is 1. The van der Waals surface area contributed by atoms with Crippen LogP contribution in [0.2, 0.25) is 0 Å². The second-order valence-corrected chi connectivity index (χ2v) is 5.52. The first-order valence-electron chi connectivity index (χ1n) is 6.19. The van der Waals surface area contributed by atoms with Crippen LogP contribution in [0.4, 0.5) is 0 Å². The number of ether oxygens (including phenoxy) is 2. The molecule has 0 aromatic heterocycles. The van der Waals surface area contributed by atoms with Crippen LogP contribution in [0.1, 0.15) is 38.5 Å². The summed E-state index contributed by atoms with van der Waals surface area (Å²) in [6, 6.07) is 0. The lowest BCUT2D eigenvalue weighted by atomic mass is 9.75. The van der Waals surface area contributed by atoms with Gasteiger partial charge in [-0.15, -0.1) is 0 Å². The molecule has 0 aromatic rings. The minimum absolute atomic E-state index is 0.360. The summed E-state index contributed by atoms with van der Waals surface area (Å²) < 4.78 is 10.5. The van der Waals surface area contributed by atoms with E-state index < -0.39 is 5.60 Å². The van der Waals surface area contributed by atoms with Gasteiger partial charge in [0.15, 0.2) is 0 Å². The van der Waals surface area contributed by atoms with E-state index in [0.29, 0.717) is 12.2 Å². The van der Waals surface area contributed by atoms with Crippen LogP contribution in [-0.2, 0) is 9.47 Å². The highest BCUT2D eigenvalue weighted by molar-refractivity contribution is 4.91. The maximum Gasteiger partial charge on any atom is 0.0837 e. The summed E-state index contributed by atoms with van der Waals surface area (Å²) in [7, 11) is 0. The second-order valence-electron chi connectivity index (χ2n) is 5.52. The van der Waals surface area contributed by atoms with Gasteiger partial charge in [-0.2, -0.15) is 0 Å². The predicted octanol–water partition coefficient (Wildman–Crippen LogP) is 1.49. The van der Waals surface area contributed by atoms with E-state index in [1.807, 2.05) is 0 Å². The molecule has 2 heterocycles. The van der Waals surface area contributed by atoms with Gasteiger partial charge in [-0.05, 0) is 38.0 Å². The molecule has 2 aliphatic heterocycles. The van der Waals surface area contributed by atoms with E-state index in [0.717, 1.165) is 38.4 Å². The lowest BCUT2D eigenvalue weighted by Crippen LogP contribution is -2.35. The molecular weight excluding hydrogens is 192 g/mol. The molecule has 3 fully saturated rings. The monoisotopic (exact) mass is 212 g/mol. The summed E-state index contributed by atoms with van der Waals surface area (Å²) in [6.45, 7) is 1.83. The van der Waals surface area contributed by atoms with E-state index in [1.165, 1.54) is 19.3 Å². The van der Waals surface area contributed by atoms with Crippen LogP contribution >= 0.6 is 0 Å². The van der Waals surface area contributed by atoms with E-state index >= 15 is 0 Å². The first-order valence-corrected chi connectivity index (χ1v) is 6.19. The van der Waals surface area contributed by atoms with Crippen LogP contribution in [0.15, 0.2) is 0 Å². The van der Waals surface area contributed by atoms with Gasteiger partial charge in [0.2, 0.25) is 0 Å². The summed E-state index contributed by atoms with van der Waals surface area (Å²) in [5, 5.41) is 10.3. The molecule has 2 atom stereocenters. The molecule has 3 nitrogen and oxygen atoms in total. The topological polar surface area (TPSA) is 45.3 Å². The van der Waals surface area contributed by atoms with Crippen molar-refractivity contribution in [2.75, 3.05) is 13.2 Å². The van der Waals surface area contributed by atoms with Gasteiger partial charge in [0, 0.05) is 6.42 Å². The lowest BCUT2D eigenvalue weighted by molar-refractivity contribution is -0.0233. The molecule has 3 aliphatic rings. The van der Waals surface area contributed by atoms with Gasteiger partial charge in [-0.25, -0.2) is 0 Å². The van der Waals surface area contributed by atoms with Gasteiger partial charge in [0.05, 0.1) is 31.0 Å². The summed E-state index contributed by atoms with van der Waals surface area (Å²) in [6.07, 6.45) is 7.25. The maximum absolute atomic E-state index is 10.3. The molecule has 0 aromatic carbocycles. The molecule has 2 unspecified atom stereocenters. The molecule has 3 rings (SSSR count). The third-order valence-electron chi connectivity index (χ3n) is 4.04. The minimum Gasteiger partial charge on any atom is -0.390 e. The Morgan fingerprint density at radius 2 is 1.67 bits per heavy atom. The highest BCUT2D eigenvalue weighted by Crippen LogP contribution is 2.40. The number of hydrogen-bond acceptors (Lipinski definition) is 3. The van der Waals surface area contributed by atoms with Crippen molar-refractivity contribution in [3.63, 3.8) is 0 Å². The van der Waals surface area contributed by atoms with Crippen LogP contribution in [0, 0.1) is 5.92 Å². The Balaban J connectivity index is 1.45. The molecular formula is C12H20O3. The van der Waals surface area contributed by atoms with E-state index in [-0.39, 0.29) is 0 Å². The third-order valence-corrected chi connectivity index (χ3v) is 4.04. The van der Waals surface area contributed by atoms with Gasteiger partial charge in [0.1, 0.15) is 0 Å². The molecule has 1 saturated carbocycles. The summed E-state index contributed by atoms with van der Waals surface area (Å²) in [4.78, 5) is 0. The quantitative estimate of drug-likeness (QED) is 0.718. The molecule has 3 heteroatoms. The Bertz CT molecular complexity index is 225. The lowest BCUT2D eigenvalue weighted by Gasteiger charge is -2.35. The van der Waals surface area contributed by atoms with Gasteiger partial charge in [-0.1, -0.05) is 0 Å². The maximum atomic E-state index is 10.3. The van der Waals surface area contributed by atoms with E-state index in [2.05, 4.69) is 0 Å². The average Bonchev–Trinajstić information content (AvgIpc) is 3.05. The van der Waals surface area contributed by atoms with E-state index in [9.17, 15) is 5.11 Å². The van der Waals surface area contributed by atoms with Gasteiger partial charge in [-0.3, -0.25) is 0 Å². The van der Waals surface area contributed by atoms with Crippen molar-refractivity contribution < 1.29 is 14.6 Å². The third kappa shape index (κ3) is 2.71. The fraction of sp³-hybridized carbons (Fsp3) is 1.00.